The van der Waals surface area contributed by atoms with Crippen molar-refractivity contribution in [2.24, 2.45) is 0 Å². The zero-order chi connectivity index (χ0) is 17.1. The zero-order valence-electron chi connectivity index (χ0n) is 14.2. The zero-order valence-corrected chi connectivity index (χ0v) is 14.2. The third kappa shape index (κ3) is 3.20. The van der Waals surface area contributed by atoms with E-state index in [2.05, 4.69) is 15.5 Å². The van der Waals surface area contributed by atoms with Gasteiger partial charge in [0.25, 0.3) is 0 Å². The third-order valence-electron chi connectivity index (χ3n) is 4.00. The molecule has 7 nitrogen and oxygen atoms in total. The molecule has 7 heteroatoms. The van der Waals surface area contributed by atoms with Crippen molar-refractivity contribution < 1.29 is 14.1 Å². The number of aromatic nitrogens is 2. The summed E-state index contributed by atoms with van der Waals surface area (Å²) in [4.78, 5) is 18.6. The van der Waals surface area contributed by atoms with Crippen LogP contribution < -0.4 is 10.1 Å². The van der Waals surface area contributed by atoms with E-state index in [1.165, 1.54) is 0 Å². The summed E-state index contributed by atoms with van der Waals surface area (Å²) in [5, 5.41) is 6.99. The van der Waals surface area contributed by atoms with Crippen LogP contribution in [0.15, 0.2) is 28.8 Å². The number of rotatable bonds is 4. The molecule has 2 aromatic rings. The molecule has 0 spiro atoms. The average molecular weight is 330 g/mol. The van der Waals surface area contributed by atoms with Crippen LogP contribution in [-0.2, 0) is 0 Å². The highest BCUT2D eigenvalue weighted by atomic mass is 16.5. The van der Waals surface area contributed by atoms with Crippen LogP contribution in [-0.4, -0.2) is 40.8 Å². The third-order valence-corrected chi connectivity index (χ3v) is 4.00. The minimum Gasteiger partial charge on any atom is -0.496 e. The number of urea groups is 1. The van der Waals surface area contributed by atoms with Gasteiger partial charge in [0.15, 0.2) is 0 Å². The number of carbonyl (C=O) groups is 1. The molecule has 0 aliphatic carbocycles. The smallest absolute Gasteiger partial charge is 0.318 e. The number of hydrogen-bond acceptors (Lipinski definition) is 5. The van der Waals surface area contributed by atoms with Crippen molar-refractivity contribution in [1.82, 2.24) is 20.4 Å². The summed E-state index contributed by atoms with van der Waals surface area (Å²) in [5.41, 5.74) is 0.770. The second-order valence-corrected chi connectivity index (χ2v) is 6.11. The first-order chi connectivity index (χ1) is 11.6. The summed E-state index contributed by atoms with van der Waals surface area (Å²) in [5.74, 6) is 1.62. The van der Waals surface area contributed by atoms with Gasteiger partial charge in [-0.05, 0) is 38.8 Å². The molecule has 1 fully saturated rings. The average Bonchev–Trinajstić information content (AvgIpc) is 3.23. The Morgan fingerprint density at radius 1 is 1.42 bits per heavy atom. The summed E-state index contributed by atoms with van der Waals surface area (Å²) >= 11 is 0. The molecule has 24 heavy (non-hydrogen) atoms. The number of amides is 2. The molecule has 1 N–H and O–H groups in total. The van der Waals surface area contributed by atoms with Crippen LogP contribution in [0.1, 0.15) is 38.6 Å². The van der Waals surface area contributed by atoms with Gasteiger partial charge in [0.2, 0.25) is 11.7 Å². The van der Waals surface area contributed by atoms with E-state index in [1.54, 1.807) is 12.0 Å². The van der Waals surface area contributed by atoms with Gasteiger partial charge in [0, 0.05) is 12.6 Å². The Balaban J connectivity index is 1.83. The normalized spacial score (nSPS) is 17.3. The topological polar surface area (TPSA) is 80.5 Å². The summed E-state index contributed by atoms with van der Waals surface area (Å²) in [6.45, 7) is 4.57. The fourth-order valence-electron chi connectivity index (χ4n) is 2.91. The Kier molecular flexibility index (Phi) is 4.69. The Morgan fingerprint density at radius 3 is 2.96 bits per heavy atom. The van der Waals surface area contributed by atoms with Gasteiger partial charge < -0.3 is 19.5 Å². The van der Waals surface area contributed by atoms with E-state index in [-0.39, 0.29) is 18.1 Å². The number of hydrogen-bond donors (Lipinski definition) is 1. The highest BCUT2D eigenvalue weighted by Crippen LogP contribution is 2.33. The molecule has 1 saturated heterocycles. The van der Waals surface area contributed by atoms with Gasteiger partial charge >= 0.3 is 6.03 Å². The van der Waals surface area contributed by atoms with Crippen LogP contribution in [0.25, 0.3) is 11.4 Å². The lowest BCUT2D eigenvalue weighted by Crippen LogP contribution is -2.42. The van der Waals surface area contributed by atoms with E-state index in [4.69, 9.17) is 9.26 Å². The Morgan fingerprint density at radius 2 is 2.21 bits per heavy atom. The van der Waals surface area contributed by atoms with Gasteiger partial charge in [-0.25, -0.2) is 4.79 Å². The molecule has 0 bridgehead atoms. The highest BCUT2D eigenvalue weighted by molar-refractivity contribution is 5.75. The number of nitrogens with one attached hydrogen (secondary N) is 1. The number of methoxy groups -OCH3 is 1. The van der Waals surface area contributed by atoms with Crippen LogP contribution in [0.4, 0.5) is 4.79 Å². The molecule has 1 aromatic carbocycles. The van der Waals surface area contributed by atoms with Gasteiger partial charge in [-0.15, -0.1) is 0 Å². The standard InChI is InChI=1S/C17H22N4O3/c1-11(2)18-17(22)21-10-6-8-13(21)16-19-15(20-24-16)12-7-4-5-9-14(12)23-3/h4-5,7,9,11,13H,6,8,10H2,1-3H3,(H,18,22). The molecule has 128 valence electrons. The van der Waals surface area contributed by atoms with Crippen molar-refractivity contribution in [3.63, 3.8) is 0 Å². The Labute approximate surface area is 141 Å². The number of carbonyl (C=O) groups excluding carboxylic acids is 1. The minimum atomic E-state index is -0.181. The quantitative estimate of drug-likeness (QED) is 0.932. The second-order valence-electron chi connectivity index (χ2n) is 6.11. The first kappa shape index (κ1) is 16.3. The van der Waals surface area contributed by atoms with Crippen LogP contribution in [0.2, 0.25) is 0 Å². The number of para-hydroxylation sites is 1. The lowest BCUT2D eigenvalue weighted by Gasteiger charge is -2.23. The maximum atomic E-state index is 12.3. The van der Waals surface area contributed by atoms with Gasteiger partial charge in [-0.2, -0.15) is 4.98 Å². The Hall–Kier alpha value is -2.57. The highest BCUT2D eigenvalue weighted by Gasteiger charge is 2.34. The molecule has 1 aromatic heterocycles. The van der Waals surface area contributed by atoms with E-state index in [0.717, 1.165) is 18.4 Å². The summed E-state index contributed by atoms with van der Waals surface area (Å²) in [6, 6.07) is 7.33. The largest absolute Gasteiger partial charge is 0.496 e. The Bertz CT molecular complexity index is 713. The van der Waals surface area contributed by atoms with Crippen molar-refractivity contribution in [2.45, 2.75) is 38.8 Å². The van der Waals surface area contributed by atoms with E-state index in [0.29, 0.717) is 24.0 Å². The molecule has 0 radical (unpaired) electrons. The molecular weight excluding hydrogens is 308 g/mol. The van der Waals surface area contributed by atoms with Gasteiger partial charge in [0.05, 0.1) is 12.7 Å². The molecule has 1 unspecified atom stereocenters. The number of benzene rings is 1. The SMILES string of the molecule is COc1ccccc1-c1noc(C2CCCN2C(=O)NC(C)C)n1. The van der Waals surface area contributed by atoms with Gasteiger partial charge in [0.1, 0.15) is 11.8 Å². The summed E-state index contributed by atoms with van der Waals surface area (Å²) < 4.78 is 10.8. The summed E-state index contributed by atoms with van der Waals surface area (Å²) in [6.07, 6.45) is 1.74. The van der Waals surface area contributed by atoms with E-state index < -0.39 is 0 Å². The minimum absolute atomic E-state index is 0.0885. The first-order valence-corrected chi connectivity index (χ1v) is 8.14. The summed E-state index contributed by atoms with van der Waals surface area (Å²) in [7, 11) is 1.61. The predicted octanol–water partition coefficient (Wildman–Crippen LogP) is 3.00. The second kappa shape index (κ2) is 6.90. The van der Waals surface area contributed by atoms with Crippen molar-refractivity contribution in [2.75, 3.05) is 13.7 Å². The molecule has 1 atom stereocenters. The van der Waals surface area contributed by atoms with E-state index in [1.807, 2.05) is 38.1 Å². The van der Waals surface area contributed by atoms with Crippen molar-refractivity contribution in [3.8, 4) is 17.1 Å². The fraction of sp³-hybridized carbons (Fsp3) is 0.471. The fourth-order valence-corrected chi connectivity index (χ4v) is 2.91. The van der Waals surface area contributed by atoms with Crippen LogP contribution in [0.3, 0.4) is 0 Å². The predicted molar refractivity (Wildman–Crippen MR) is 88.6 cm³/mol. The van der Waals surface area contributed by atoms with E-state index >= 15 is 0 Å². The molecule has 2 heterocycles. The number of likely N-dealkylation sites (tertiary alicyclic amines) is 1. The molecular formula is C17H22N4O3. The number of ether oxygens (including phenoxy) is 1. The van der Waals surface area contributed by atoms with Gasteiger partial charge in [-0.1, -0.05) is 17.3 Å². The van der Waals surface area contributed by atoms with E-state index in [9.17, 15) is 4.79 Å². The van der Waals surface area contributed by atoms with Crippen molar-refractivity contribution >= 4 is 6.03 Å². The van der Waals surface area contributed by atoms with Gasteiger partial charge in [-0.3, -0.25) is 0 Å². The molecule has 1 aliphatic heterocycles. The van der Waals surface area contributed by atoms with Crippen LogP contribution in [0, 0.1) is 0 Å². The molecule has 2 amide bonds. The monoisotopic (exact) mass is 330 g/mol. The molecule has 3 rings (SSSR count). The van der Waals surface area contributed by atoms with Crippen LogP contribution >= 0.6 is 0 Å². The maximum absolute atomic E-state index is 12.3. The molecule has 1 aliphatic rings. The maximum Gasteiger partial charge on any atom is 0.318 e. The molecule has 0 saturated carbocycles. The first-order valence-electron chi connectivity index (χ1n) is 8.14. The van der Waals surface area contributed by atoms with Crippen molar-refractivity contribution in [3.05, 3.63) is 30.2 Å². The van der Waals surface area contributed by atoms with Crippen molar-refractivity contribution in [1.29, 1.82) is 0 Å². The lowest BCUT2D eigenvalue weighted by molar-refractivity contribution is 0.178. The van der Waals surface area contributed by atoms with Crippen LogP contribution in [0.5, 0.6) is 5.75 Å². The lowest BCUT2D eigenvalue weighted by atomic mass is 10.2. The number of nitrogens with zero attached hydrogens (tertiary/aromatic N) is 3.